The van der Waals surface area contributed by atoms with Crippen molar-refractivity contribution in [1.82, 2.24) is 19.7 Å². The lowest BCUT2D eigenvalue weighted by Crippen LogP contribution is -2.17. The van der Waals surface area contributed by atoms with Gasteiger partial charge >= 0.3 is 12.5 Å². The molecular formula is C18H10ClF3N4O5. The number of halogens is 4. The first kappa shape index (κ1) is 20.3. The smallest absolute Gasteiger partial charge is 0.453 e. The van der Waals surface area contributed by atoms with Crippen LogP contribution in [0, 0.1) is 0 Å². The van der Waals surface area contributed by atoms with Crippen LogP contribution in [0.2, 0.25) is 5.02 Å². The SMILES string of the molecule is O=C(O)Oc1cnn(-c2nc3cc(Oc4ccc(Cl)cc4)c(OC(F)(F)F)cc3[nH]2)c1. The Balaban J connectivity index is 1.73. The number of fused-ring (bicyclic) bond motifs is 1. The molecule has 0 aliphatic carbocycles. The Morgan fingerprint density at radius 1 is 1.13 bits per heavy atom. The number of carbonyl (C=O) groups is 1. The van der Waals surface area contributed by atoms with Crippen LogP contribution in [0.5, 0.6) is 23.0 Å². The van der Waals surface area contributed by atoms with Crippen LogP contribution in [0.4, 0.5) is 18.0 Å². The summed E-state index contributed by atoms with van der Waals surface area (Å²) in [5.74, 6) is -0.576. The largest absolute Gasteiger partial charge is 0.573 e. The summed E-state index contributed by atoms with van der Waals surface area (Å²) in [4.78, 5) is 17.6. The number of nitrogens with one attached hydrogen (secondary N) is 1. The predicted octanol–water partition coefficient (Wildman–Crippen LogP) is 5.15. The molecule has 13 heteroatoms. The first-order chi connectivity index (χ1) is 14.7. The van der Waals surface area contributed by atoms with Gasteiger partial charge in [-0.2, -0.15) is 5.10 Å². The number of ether oxygens (including phenoxy) is 3. The Morgan fingerprint density at radius 2 is 1.87 bits per heavy atom. The van der Waals surface area contributed by atoms with E-state index in [1.165, 1.54) is 36.5 Å². The summed E-state index contributed by atoms with van der Waals surface area (Å²) in [6.45, 7) is 0. The van der Waals surface area contributed by atoms with E-state index < -0.39 is 18.3 Å². The molecule has 4 rings (SSSR count). The van der Waals surface area contributed by atoms with E-state index in [0.29, 0.717) is 5.02 Å². The van der Waals surface area contributed by atoms with E-state index in [1.807, 2.05) is 0 Å². The minimum absolute atomic E-state index is 0.0687. The highest BCUT2D eigenvalue weighted by molar-refractivity contribution is 6.30. The van der Waals surface area contributed by atoms with Gasteiger partial charge in [0.1, 0.15) is 5.75 Å². The monoisotopic (exact) mass is 454 g/mol. The third-order valence-corrected chi connectivity index (χ3v) is 4.04. The van der Waals surface area contributed by atoms with Crippen molar-refractivity contribution in [3.05, 3.63) is 53.8 Å². The Bertz CT molecular complexity index is 1250. The summed E-state index contributed by atoms with van der Waals surface area (Å²) < 4.78 is 53.9. The zero-order valence-electron chi connectivity index (χ0n) is 15.1. The van der Waals surface area contributed by atoms with E-state index in [-0.39, 0.29) is 34.2 Å². The van der Waals surface area contributed by atoms with Gasteiger partial charge in [-0.1, -0.05) is 11.6 Å². The molecule has 0 bridgehead atoms. The molecule has 0 amide bonds. The first-order valence-electron chi connectivity index (χ1n) is 8.35. The highest BCUT2D eigenvalue weighted by Gasteiger charge is 2.33. The molecule has 0 unspecified atom stereocenters. The maximum Gasteiger partial charge on any atom is 0.573 e. The summed E-state index contributed by atoms with van der Waals surface area (Å²) in [6, 6.07) is 8.31. The molecule has 0 spiro atoms. The molecule has 2 heterocycles. The lowest BCUT2D eigenvalue weighted by molar-refractivity contribution is -0.275. The summed E-state index contributed by atoms with van der Waals surface area (Å²) in [7, 11) is 0. The highest BCUT2D eigenvalue weighted by Crippen LogP contribution is 2.38. The molecule has 0 aliphatic heterocycles. The molecule has 0 fully saturated rings. The van der Waals surface area contributed by atoms with Crippen LogP contribution in [0.3, 0.4) is 0 Å². The fraction of sp³-hybridized carbons (Fsp3) is 0.0556. The van der Waals surface area contributed by atoms with Crippen molar-refractivity contribution in [3.8, 4) is 28.9 Å². The Morgan fingerprint density at radius 3 is 2.55 bits per heavy atom. The van der Waals surface area contributed by atoms with Crippen molar-refractivity contribution in [2.24, 2.45) is 0 Å². The first-order valence-corrected chi connectivity index (χ1v) is 8.73. The van der Waals surface area contributed by atoms with Gasteiger partial charge in [0.15, 0.2) is 17.2 Å². The van der Waals surface area contributed by atoms with Crippen molar-refractivity contribution in [2.75, 3.05) is 0 Å². The summed E-state index contributed by atoms with van der Waals surface area (Å²) in [5, 5.41) is 13.0. The van der Waals surface area contributed by atoms with Crippen molar-refractivity contribution in [2.45, 2.75) is 6.36 Å². The van der Waals surface area contributed by atoms with Crippen molar-refractivity contribution in [1.29, 1.82) is 0 Å². The van der Waals surface area contributed by atoms with Crippen molar-refractivity contribution in [3.63, 3.8) is 0 Å². The summed E-state index contributed by atoms with van der Waals surface area (Å²) >= 11 is 5.81. The van der Waals surface area contributed by atoms with Gasteiger partial charge in [-0.05, 0) is 24.3 Å². The topological polar surface area (TPSA) is 111 Å². The van der Waals surface area contributed by atoms with E-state index in [2.05, 4.69) is 24.5 Å². The number of alkyl halides is 3. The standard InChI is InChI=1S/C18H10ClF3N4O5/c19-9-1-3-10(4-2-9)29-14-5-12-13(6-15(14)31-18(20,21)22)25-16(24-12)26-8-11(7-23-26)30-17(27)28/h1-8H,(H,24,25)(H,27,28). The third-order valence-electron chi connectivity index (χ3n) is 3.78. The van der Waals surface area contributed by atoms with Crippen molar-refractivity contribution < 1.29 is 37.3 Å². The number of hydrogen-bond acceptors (Lipinski definition) is 6. The quantitative estimate of drug-likeness (QED) is 0.401. The number of aromatic nitrogens is 4. The third kappa shape index (κ3) is 4.80. The maximum atomic E-state index is 12.9. The summed E-state index contributed by atoms with van der Waals surface area (Å²) in [5.41, 5.74) is 0.429. The van der Waals surface area contributed by atoms with Crippen LogP contribution in [-0.4, -0.2) is 37.4 Å². The fourth-order valence-corrected chi connectivity index (χ4v) is 2.73. The molecule has 2 N–H and O–H groups in total. The molecule has 0 atom stereocenters. The van der Waals surface area contributed by atoms with Crippen LogP contribution in [0.25, 0.3) is 17.0 Å². The number of carboxylic acid groups (broad SMARTS) is 1. The zero-order chi connectivity index (χ0) is 22.2. The molecule has 31 heavy (non-hydrogen) atoms. The number of hydrogen-bond donors (Lipinski definition) is 2. The molecule has 4 aromatic rings. The van der Waals surface area contributed by atoms with Gasteiger partial charge in [-0.15, -0.1) is 13.2 Å². The van der Waals surface area contributed by atoms with Gasteiger partial charge < -0.3 is 24.3 Å². The number of nitrogens with zero attached hydrogens (tertiary/aromatic N) is 3. The fourth-order valence-electron chi connectivity index (χ4n) is 2.60. The highest BCUT2D eigenvalue weighted by atomic mass is 35.5. The molecule has 0 saturated carbocycles. The van der Waals surface area contributed by atoms with Crippen LogP contribution < -0.4 is 14.2 Å². The van der Waals surface area contributed by atoms with Gasteiger partial charge in [-0.3, -0.25) is 0 Å². The molecule has 160 valence electrons. The summed E-state index contributed by atoms with van der Waals surface area (Å²) in [6.07, 6.45) is -4.12. The lowest BCUT2D eigenvalue weighted by atomic mass is 10.2. The Kier molecular flexibility index (Phi) is 5.07. The van der Waals surface area contributed by atoms with Crippen molar-refractivity contribution >= 4 is 28.8 Å². The van der Waals surface area contributed by atoms with E-state index in [1.54, 1.807) is 0 Å². The zero-order valence-corrected chi connectivity index (χ0v) is 15.8. The van der Waals surface area contributed by atoms with Crippen LogP contribution in [0.15, 0.2) is 48.8 Å². The number of imidazole rings is 1. The second-order valence-corrected chi connectivity index (χ2v) is 6.41. The van der Waals surface area contributed by atoms with Gasteiger partial charge in [0.05, 0.1) is 23.4 Å². The molecule has 0 aliphatic rings. The molecular weight excluding hydrogens is 445 g/mol. The number of aromatic amines is 1. The normalized spacial score (nSPS) is 11.5. The second-order valence-electron chi connectivity index (χ2n) is 5.97. The molecule has 9 nitrogen and oxygen atoms in total. The van der Waals surface area contributed by atoms with Gasteiger partial charge in [0.2, 0.25) is 5.95 Å². The number of rotatable bonds is 5. The van der Waals surface area contributed by atoms with E-state index >= 15 is 0 Å². The van der Waals surface area contributed by atoms with Crippen LogP contribution >= 0.6 is 11.6 Å². The average Bonchev–Trinajstić information content (AvgIpc) is 3.28. The molecule has 0 radical (unpaired) electrons. The van der Waals surface area contributed by atoms with Crippen LogP contribution in [0.1, 0.15) is 0 Å². The van der Waals surface area contributed by atoms with Gasteiger partial charge in [-0.25, -0.2) is 14.5 Å². The molecule has 2 aromatic carbocycles. The van der Waals surface area contributed by atoms with Gasteiger partial charge in [0.25, 0.3) is 0 Å². The van der Waals surface area contributed by atoms with Crippen LogP contribution in [-0.2, 0) is 0 Å². The van der Waals surface area contributed by atoms with E-state index in [4.69, 9.17) is 21.4 Å². The minimum Gasteiger partial charge on any atom is -0.453 e. The molecule has 0 saturated heterocycles. The molecule has 2 aromatic heterocycles. The lowest BCUT2D eigenvalue weighted by Gasteiger charge is -2.14. The minimum atomic E-state index is -4.96. The number of benzene rings is 2. The number of H-pyrrole nitrogens is 1. The van der Waals surface area contributed by atoms with E-state index in [9.17, 15) is 18.0 Å². The predicted molar refractivity (Wildman–Crippen MR) is 100 cm³/mol. The second kappa shape index (κ2) is 7.72. The average molecular weight is 455 g/mol. The maximum absolute atomic E-state index is 12.9. The van der Waals surface area contributed by atoms with E-state index in [0.717, 1.165) is 16.9 Å². The Labute approximate surface area is 175 Å². The Hall–Kier alpha value is -3.93. The van der Waals surface area contributed by atoms with Gasteiger partial charge in [0, 0.05) is 17.2 Å².